The summed E-state index contributed by atoms with van der Waals surface area (Å²) in [5.74, 6) is 0. The Hall–Kier alpha value is -1.64. The van der Waals surface area contributed by atoms with Crippen molar-refractivity contribution >= 4 is 40.6 Å². The Morgan fingerprint density at radius 3 is 2.25 bits per heavy atom. The van der Waals surface area contributed by atoms with Gasteiger partial charge in [-0.2, -0.15) is 0 Å². The van der Waals surface area contributed by atoms with Crippen LogP contribution in [0.15, 0.2) is 70.8 Å². The predicted octanol–water partition coefficient (Wildman–Crippen LogP) is 6.11. The first kappa shape index (κ1) is 13.3. The van der Waals surface area contributed by atoms with E-state index in [-0.39, 0.29) is 0 Å². The molecule has 20 heavy (non-hydrogen) atoms. The maximum Gasteiger partial charge on any atom is 0.0499 e. The van der Waals surface area contributed by atoms with Crippen LogP contribution in [0.2, 0.25) is 0 Å². The second-order valence-electron chi connectivity index (χ2n) is 4.40. The molecule has 98 valence electrons. The van der Waals surface area contributed by atoms with E-state index in [1.54, 1.807) is 11.8 Å². The highest BCUT2D eigenvalue weighted by atomic mass is 32.2. The lowest BCUT2D eigenvalue weighted by Crippen LogP contribution is -1.76. The fourth-order valence-corrected chi connectivity index (χ4v) is 4.10. The van der Waals surface area contributed by atoms with Crippen LogP contribution in [0.5, 0.6) is 0 Å². The summed E-state index contributed by atoms with van der Waals surface area (Å²) in [7, 11) is 0. The topological polar surface area (TPSA) is 0 Å². The zero-order valence-electron chi connectivity index (χ0n) is 11.0. The Kier molecular flexibility index (Phi) is 4.14. The van der Waals surface area contributed by atoms with E-state index >= 15 is 0 Å². The Morgan fingerprint density at radius 1 is 0.850 bits per heavy atom. The molecule has 2 heteroatoms. The standard InChI is InChI=1S/C18H14S2/c1-2-14-8-10-15(11-9-14)12-18-19-13-17(20-18)16-6-4-3-5-7-16/h2-13H,1H2/b18-12-. The van der Waals surface area contributed by atoms with Crippen LogP contribution in [-0.4, -0.2) is 0 Å². The van der Waals surface area contributed by atoms with Crippen LogP contribution < -0.4 is 0 Å². The summed E-state index contributed by atoms with van der Waals surface area (Å²) in [5.41, 5.74) is 3.67. The average molecular weight is 294 g/mol. The Labute approximate surface area is 128 Å². The van der Waals surface area contributed by atoms with Crippen molar-refractivity contribution < 1.29 is 0 Å². The van der Waals surface area contributed by atoms with Crippen LogP contribution in [-0.2, 0) is 0 Å². The lowest BCUT2D eigenvalue weighted by molar-refractivity contribution is 1.62. The van der Waals surface area contributed by atoms with Gasteiger partial charge in [0.15, 0.2) is 0 Å². The Balaban J connectivity index is 1.74. The Morgan fingerprint density at radius 2 is 1.55 bits per heavy atom. The highest BCUT2D eigenvalue weighted by Gasteiger charge is 2.13. The van der Waals surface area contributed by atoms with E-state index in [1.165, 1.54) is 20.3 Å². The van der Waals surface area contributed by atoms with Gasteiger partial charge in [0.2, 0.25) is 0 Å². The van der Waals surface area contributed by atoms with Crippen molar-refractivity contribution in [1.82, 2.24) is 0 Å². The molecule has 0 nitrogen and oxygen atoms in total. The van der Waals surface area contributed by atoms with Crippen molar-refractivity contribution in [1.29, 1.82) is 0 Å². The van der Waals surface area contributed by atoms with Crippen molar-refractivity contribution in [3.63, 3.8) is 0 Å². The third-order valence-corrected chi connectivity index (χ3v) is 5.29. The van der Waals surface area contributed by atoms with E-state index in [0.29, 0.717) is 0 Å². The number of hydrogen-bond acceptors (Lipinski definition) is 2. The van der Waals surface area contributed by atoms with Crippen LogP contribution in [0.1, 0.15) is 16.7 Å². The summed E-state index contributed by atoms with van der Waals surface area (Å²) in [6.07, 6.45) is 4.10. The van der Waals surface area contributed by atoms with Crippen molar-refractivity contribution in [3.8, 4) is 0 Å². The number of benzene rings is 2. The molecule has 0 fully saturated rings. The third-order valence-electron chi connectivity index (χ3n) is 3.01. The van der Waals surface area contributed by atoms with E-state index in [9.17, 15) is 0 Å². The molecule has 2 aromatic carbocycles. The zero-order valence-corrected chi connectivity index (χ0v) is 12.6. The second-order valence-corrected chi connectivity index (χ2v) is 6.66. The highest BCUT2D eigenvalue weighted by Crippen LogP contribution is 2.48. The number of hydrogen-bond donors (Lipinski definition) is 0. The van der Waals surface area contributed by atoms with E-state index in [1.807, 2.05) is 17.8 Å². The van der Waals surface area contributed by atoms with Gasteiger partial charge >= 0.3 is 0 Å². The van der Waals surface area contributed by atoms with Gasteiger partial charge < -0.3 is 0 Å². The molecule has 1 aliphatic heterocycles. The maximum atomic E-state index is 3.78. The van der Waals surface area contributed by atoms with Crippen molar-refractivity contribution in [2.45, 2.75) is 0 Å². The molecule has 0 spiro atoms. The molecule has 0 amide bonds. The summed E-state index contributed by atoms with van der Waals surface area (Å²) in [6.45, 7) is 3.78. The van der Waals surface area contributed by atoms with Gasteiger partial charge in [-0.05, 0) is 28.2 Å². The summed E-state index contributed by atoms with van der Waals surface area (Å²) in [4.78, 5) is 1.32. The predicted molar refractivity (Wildman–Crippen MR) is 94.1 cm³/mol. The molecule has 0 N–H and O–H groups in total. The van der Waals surface area contributed by atoms with Gasteiger partial charge in [0.05, 0.1) is 0 Å². The molecule has 0 saturated heterocycles. The molecular weight excluding hydrogens is 280 g/mol. The minimum atomic E-state index is 1.15. The largest absolute Gasteiger partial charge is 0.0985 e. The van der Waals surface area contributed by atoms with E-state index in [2.05, 4.69) is 72.7 Å². The van der Waals surface area contributed by atoms with Gasteiger partial charge in [-0.15, -0.1) is 0 Å². The van der Waals surface area contributed by atoms with E-state index in [4.69, 9.17) is 0 Å². The van der Waals surface area contributed by atoms with Gasteiger partial charge in [0.1, 0.15) is 0 Å². The SMILES string of the molecule is C=Cc1ccc(/C=C2/SC=C(c3ccccc3)S2)cc1. The lowest BCUT2D eigenvalue weighted by atomic mass is 10.1. The van der Waals surface area contributed by atoms with Crippen molar-refractivity contribution in [3.05, 3.63) is 87.5 Å². The fourth-order valence-electron chi connectivity index (χ4n) is 1.93. The van der Waals surface area contributed by atoms with Gasteiger partial charge in [0.25, 0.3) is 0 Å². The molecule has 1 heterocycles. The molecule has 0 radical (unpaired) electrons. The monoisotopic (exact) mass is 294 g/mol. The molecule has 0 saturated carbocycles. The first-order valence-electron chi connectivity index (χ1n) is 6.39. The molecule has 0 aliphatic carbocycles. The van der Waals surface area contributed by atoms with Gasteiger partial charge in [0, 0.05) is 9.14 Å². The molecular formula is C18H14S2. The van der Waals surface area contributed by atoms with Gasteiger partial charge in [-0.1, -0.05) is 90.8 Å². The zero-order chi connectivity index (χ0) is 13.8. The van der Waals surface area contributed by atoms with Gasteiger partial charge in [-0.25, -0.2) is 0 Å². The minimum Gasteiger partial charge on any atom is -0.0985 e. The molecule has 1 aliphatic rings. The first-order chi connectivity index (χ1) is 9.85. The quantitative estimate of drug-likeness (QED) is 0.670. The molecule has 0 atom stereocenters. The van der Waals surface area contributed by atoms with E-state index in [0.717, 1.165) is 5.56 Å². The minimum absolute atomic E-state index is 1.15. The normalized spacial score (nSPS) is 16.2. The van der Waals surface area contributed by atoms with Crippen molar-refractivity contribution in [2.24, 2.45) is 0 Å². The molecule has 0 aromatic heterocycles. The summed E-state index contributed by atoms with van der Waals surface area (Å²) in [6, 6.07) is 19.0. The van der Waals surface area contributed by atoms with Crippen LogP contribution in [0.25, 0.3) is 17.1 Å². The summed E-state index contributed by atoms with van der Waals surface area (Å²) < 4.78 is 1.32. The summed E-state index contributed by atoms with van der Waals surface area (Å²) >= 11 is 3.63. The first-order valence-corrected chi connectivity index (χ1v) is 8.09. The summed E-state index contributed by atoms with van der Waals surface area (Å²) in [5, 5.41) is 2.23. The molecule has 2 aromatic rings. The Bertz CT molecular complexity index is 664. The maximum absolute atomic E-state index is 3.78. The van der Waals surface area contributed by atoms with Crippen LogP contribution >= 0.6 is 23.5 Å². The molecule has 0 bridgehead atoms. The highest BCUT2D eigenvalue weighted by molar-refractivity contribution is 8.31. The van der Waals surface area contributed by atoms with Crippen LogP contribution in [0.4, 0.5) is 0 Å². The van der Waals surface area contributed by atoms with Gasteiger partial charge in [-0.3, -0.25) is 0 Å². The van der Waals surface area contributed by atoms with Crippen LogP contribution in [0.3, 0.4) is 0 Å². The second kappa shape index (κ2) is 6.21. The molecule has 0 unspecified atom stereocenters. The van der Waals surface area contributed by atoms with Crippen LogP contribution in [0, 0.1) is 0 Å². The number of thioether (sulfide) groups is 2. The number of rotatable bonds is 3. The third kappa shape index (κ3) is 3.09. The van der Waals surface area contributed by atoms with E-state index < -0.39 is 0 Å². The average Bonchev–Trinajstić information content (AvgIpc) is 2.97. The molecule has 3 rings (SSSR count). The van der Waals surface area contributed by atoms with Crippen molar-refractivity contribution in [2.75, 3.05) is 0 Å². The smallest absolute Gasteiger partial charge is 0.0499 e. The fraction of sp³-hybridized carbons (Fsp3) is 0. The lowest BCUT2D eigenvalue weighted by Gasteiger charge is -2.01.